The Bertz CT molecular complexity index is 1260. The maximum atomic E-state index is 13.2. The Labute approximate surface area is 212 Å². The van der Waals surface area contributed by atoms with Crippen molar-refractivity contribution in [1.82, 2.24) is 10.2 Å². The molecule has 1 fully saturated rings. The Morgan fingerprint density at radius 1 is 1.03 bits per heavy atom. The highest BCUT2D eigenvalue weighted by atomic mass is 33.1. The van der Waals surface area contributed by atoms with Crippen molar-refractivity contribution < 1.29 is 37.0 Å². The number of hydrogen-bond donors (Lipinski definition) is 1. The van der Waals surface area contributed by atoms with Crippen molar-refractivity contribution in [2.75, 3.05) is 20.8 Å². The molecule has 1 aliphatic heterocycles. The summed E-state index contributed by atoms with van der Waals surface area (Å²) in [6.07, 6.45) is 0. The quantitative estimate of drug-likeness (QED) is 0.160. The summed E-state index contributed by atoms with van der Waals surface area (Å²) in [5.74, 6) is -1.73. The van der Waals surface area contributed by atoms with Crippen molar-refractivity contribution >= 4 is 37.4 Å². The van der Waals surface area contributed by atoms with Crippen LogP contribution in [0, 0.1) is 6.92 Å². The topological polar surface area (TPSA) is 128 Å². The van der Waals surface area contributed by atoms with Crippen molar-refractivity contribution in [2.24, 2.45) is 0 Å². The van der Waals surface area contributed by atoms with Crippen LogP contribution in [-0.2, 0) is 32.7 Å². The first kappa shape index (κ1) is 27.1. The molecule has 10 nitrogen and oxygen atoms in total. The molecule has 2 aromatic rings. The van der Waals surface area contributed by atoms with E-state index in [0.717, 1.165) is 17.6 Å². The predicted octanol–water partition coefficient (Wildman–Crippen LogP) is 2.20. The van der Waals surface area contributed by atoms with Crippen LogP contribution in [-0.4, -0.2) is 63.3 Å². The second-order valence-electron chi connectivity index (χ2n) is 7.71. The first-order valence-corrected chi connectivity index (χ1v) is 13.6. The van der Waals surface area contributed by atoms with E-state index in [-0.39, 0.29) is 16.4 Å². The number of esters is 1. The minimum atomic E-state index is -3.99. The molecule has 2 atom stereocenters. The third kappa shape index (κ3) is 6.00. The zero-order chi connectivity index (χ0) is 26.5. The van der Waals surface area contributed by atoms with Crippen molar-refractivity contribution in [3.8, 4) is 5.75 Å². The third-order valence-electron chi connectivity index (χ3n) is 5.27. The summed E-state index contributed by atoms with van der Waals surface area (Å²) in [5, 5.41) is 1.34. The fraction of sp³-hybridized carbons (Fsp3) is 0.292. The summed E-state index contributed by atoms with van der Waals surface area (Å²) in [6.45, 7) is 2.86. The molecule has 36 heavy (non-hydrogen) atoms. The highest BCUT2D eigenvalue weighted by Gasteiger charge is 2.54. The molecule has 0 bridgehead atoms. The average Bonchev–Trinajstić information content (AvgIpc) is 2.88. The smallest absolute Gasteiger partial charge is 0.358 e. The Hall–Kier alpha value is -3.51. The van der Waals surface area contributed by atoms with Gasteiger partial charge in [-0.25, -0.2) is 13.2 Å². The lowest BCUT2D eigenvalue weighted by Crippen LogP contribution is -2.70. The lowest BCUT2D eigenvalue weighted by atomic mass is 10.1. The van der Waals surface area contributed by atoms with Gasteiger partial charge in [0.05, 0.1) is 19.1 Å². The molecule has 3 rings (SSSR count). The van der Waals surface area contributed by atoms with E-state index in [9.17, 15) is 22.8 Å². The first-order valence-electron chi connectivity index (χ1n) is 10.7. The number of hydrogen-bond acceptors (Lipinski definition) is 9. The van der Waals surface area contributed by atoms with Crippen LogP contribution in [0.5, 0.6) is 5.75 Å². The van der Waals surface area contributed by atoms with Crippen molar-refractivity contribution in [2.45, 2.75) is 30.2 Å². The maximum Gasteiger partial charge on any atom is 0.358 e. The molecular weight excluding hydrogens is 508 g/mol. The van der Waals surface area contributed by atoms with Crippen LogP contribution in [0.15, 0.2) is 70.9 Å². The number of methoxy groups -OCH3 is 2. The van der Waals surface area contributed by atoms with Crippen LogP contribution in [0.25, 0.3) is 0 Å². The lowest BCUT2D eigenvalue weighted by Gasteiger charge is -2.46. The summed E-state index contributed by atoms with van der Waals surface area (Å²) < 4.78 is 41.7. The van der Waals surface area contributed by atoms with Crippen LogP contribution < -0.4 is 10.1 Å². The highest BCUT2D eigenvalue weighted by molar-refractivity contribution is 8.72. The number of ether oxygens (including phenoxy) is 3. The fourth-order valence-corrected chi connectivity index (χ4v) is 6.78. The normalized spacial score (nSPS) is 18.0. The molecule has 0 spiro atoms. The van der Waals surface area contributed by atoms with Gasteiger partial charge in [-0.05, 0) is 38.1 Å². The second-order valence-corrected chi connectivity index (χ2v) is 11.7. The van der Waals surface area contributed by atoms with Gasteiger partial charge in [0.15, 0.2) is 12.3 Å². The van der Waals surface area contributed by atoms with Crippen LogP contribution in [0.2, 0.25) is 0 Å². The summed E-state index contributed by atoms with van der Waals surface area (Å²) in [5.41, 5.74) is 0.613. The van der Waals surface area contributed by atoms with Crippen LogP contribution in [0.4, 0.5) is 0 Å². The number of amides is 2. The molecule has 0 saturated carbocycles. The summed E-state index contributed by atoms with van der Waals surface area (Å²) in [4.78, 5) is 39.1. The number of rotatable bonds is 10. The molecule has 1 saturated heterocycles. The van der Waals surface area contributed by atoms with Crippen LogP contribution in [0.3, 0.4) is 0 Å². The Kier molecular flexibility index (Phi) is 8.64. The molecule has 0 aromatic heterocycles. The van der Waals surface area contributed by atoms with Crippen molar-refractivity contribution in [3.63, 3.8) is 0 Å². The van der Waals surface area contributed by atoms with E-state index in [1.807, 2.05) is 6.92 Å². The zero-order valence-electron chi connectivity index (χ0n) is 20.1. The Morgan fingerprint density at radius 3 is 2.25 bits per heavy atom. The number of aryl methyl sites for hydroxylation is 1. The standard InChI is InChI=1S/C24H26N2O8S2/c1-15-10-12-18(13-11-15)36(30,31)35-23-20(25-19(27)14-34-17-8-6-5-7-9-17)22(28)26(23)21(16(2)32-3)24(29)33-4/h5-13,20,23H,14H2,1-4H3,(H,25,27). The number of benzene rings is 2. The number of nitrogens with one attached hydrogen (secondary N) is 1. The fourth-order valence-electron chi connectivity index (χ4n) is 3.31. The zero-order valence-corrected chi connectivity index (χ0v) is 21.7. The van der Waals surface area contributed by atoms with Gasteiger partial charge in [-0.1, -0.05) is 35.9 Å². The molecule has 192 valence electrons. The predicted molar refractivity (Wildman–Crippen MR) is 132 cm³/mol. The third-order valence-corrected chi connectivity index (χ3v) is 8.98. The number of para-hydroxylation sites is 1. The molecule has 2 unspecified atom stereocenters. The monoisotopic (exact) mass is 534 g/mol. The minimum absolute atomic E-state index is 0.0157. The van der Waals surface area contributed by atoms with E-state index >= 15 is 0 Å². The average molecular weight is 535 g/mol. The van der Waals surface area contributed by atoms with E-state index in [1.54, 1.807) is 42.5 Å². The summed E-state index contributed by atoms with van der Waals surface area (Å²) in [6, 6.07) is 13.5. The van der Waals surface area contributed by atoms with E-state index in [4.69, 9.17) is 14.2 Å². The molecular formula is C24H26N2O8S2. The molecule has 12 heteroatoms. The number of nitrogens with zero attached hydrogens (tertiary/aromatic N) is 1. The molecule has 1 heterocycles. The number of carbonyl (C=O) groups excluding carboxylic acids is 3. The van der Waals surface area contributed by atoms with Crippen LogP contribution >= 0.6 is 10.8 Å². The molecule has 0 aliphatic carbocycles. The van der Waals surface area contributed by atoms with E-state index in [0.29, 0.717) is 16.5 Å². The van der Waals surface area contributed by atoms with Gasteiger partial charge in [-0.3, -0.25) is 14.5 Å². The molecule has 1 aliphatic rings. The molecule has 1 N–H and O–H groups in total. The van der Waals surface area contributed by atoms with E-state index < -0.39 is 44.7 Å². The van der Waals surface area contributed by atoms with Crippen LogP contribution in [0.1, 0.15) is 12.5 Å². The van der Waals surface area contributed by atoms with Gasteiger partial charge in [0, 0.05) is 10.8 Å². The largest absolute Gasteiger partial charge is 0.499 e. The molecule has 0 radical (unpaired) electrons. The van der Waals surface area contributed by atoms with Gasteiger partial charge >= 0.3 is 5.97 Å². The first-order chi connectivity index (χ1) is 17.1. The van der Waals surface area contributed by atoms with Crippen molar-refractivity contribution in [1.29, 1.82) is 0 Å². The number of likely N-dealkylation sites (tertiary alicyclic amines) is 1. The van der Waals surface area contributed by atoms with Gasteiger partial charge < -0.3 is 19.5 Å². The van der Waals surface area contributed by atoms with Gasteiger partial charge in [0.1, 0.15) is 22.9 Å². The summed E-state index contributed by atoms with van der Waals surface area (Å²) >= 11 is 0. The second kappa shape index (κ2) is 11.5. The molecule has 2 amide bonds. The van der Waals surface area contributed by atoms with Gasteiger partial charge in [0.25, 0.3) is 11.8 Å². The van der Waals surface area contributed by atoms with E-state index in [1.165, 1.54) is 26.2 Å². The number of β-lactam (4-membered cyclic amide) rings is 1. The minimum Gasteiger partial charge on any atom is -0.499 e. The van der Waals surface area contributed by atoms with Gasteiger partial charge in [-0.15, -0.1) is 0 Å². The van der Waals surface area contributed by atoms with Crippen molar-refractivity contribution in [3.05, 3.63) is 71.6 Å². The molecule has 2 aromatic carbocycles. The lowest BCUT2D eigenvalue weighted by molar-refractivity contribution is -0.152. The number of carbonyl (C=O) groups is 3. The number of allylic oxidation sites excluding steroid dienone is 1. The van der Waals surface area contributed by atoms with Gasteiger partial charge in [-0.2, -0.15) is 0 Å². The van der Waals surface area contributed by atoms with E-state index in [2.05, 4.69) is 5.32 Å². The summed E-state index contributed by atoms with van der Waals surface area (Å²) in [7, 11) is -1.13. The Balaban J connectivity index is 1.88. The van der Waals surface area contributed by atoms with Gasteiger partial charge in [0.2, 0.25) is 8.87 Å². The highest BCUT2D eigenvalue weighted by Crippen LogP contribution is 2.40. The Morgan fingerprint density at radius 2 is 1.67 bits per heavy atom. The maximum absolute atomic E-state index is 13.2. The SMILES string of the molecule is COC(=O)C(=C(C)OC)N1C(=O)C(NC(=O)COc2ccccc2)C1SS(=O)(=O)c1ccc(C)cc1.